The van der Waals surface area contributed by atoms with Gasteiger partial charge in [-0.3, -0.25) is 0 Å². The fourth-order valence-electron chi connectivity index (χ4n) is 3.05. The second kappa shape index (κ2) is 6.04. The summed E-state index contributed by atoms with van der Waals surface area (Å²) in [5.74, 6) is 1.47. The molecule has 0 amide bonds. The van der Waals surface area contributed by atoms with Gasteiger partial charge in [0.05, 0.1) is 7.11 Å². The third-order valence-corrected chi connectivity index (χ3v) is 4.59. The van der Waals surface area contributed by atoms with Crippen LogP contribution in [0.1, 0.15) is 52.7 Å². The molecule has 4 nitrogen and oxygen atoms in total. The van der Waals surface area contributed by atoms with E-state index in [9.17, 15) is 5.11 Å². The number of methoxy groups -OCH3 is 1. The molecule has 1 N–H and O–H groups in total. The predicted octanol–water partition coefficient (Wildman–Crippen LogP) is 5.80. The van der Waals surface area contributed by atoms with Gasteiger partial charge < -0.3 is 14.3 Å². The number of nitrogens with zero attached hydrogens (tertiary/aromatic N) is 1. The van der Waals surface area contributed by atoms with Crippen molar-refractivity contribution in [1.82, 2.24) is 4.98 Å². The number of fused-ring (bicyclic) bond motifs is 1. The van der Waals surface area contributed by atoms with Crippen LogP contribution in [0, 0.1) is 0 Å². The van der Waals surface area contributed by atoms with E-state index in [1.165, 1.54) is 0 Å². The quantitative estimate of drug-likeness (QED) is 0.632. The van der Waals surface area contributed by atoms with Crippen LogP contribution in [0.4, 0.5) is 0 Å². The lowest BCUT2D eigenvalue weighted by Crippen LogP contribution is -2.16. The molecule has 1 heterocycles. The van der Waals surface area contributed by atoms with E-state index in [1.54, 1.807) is 7.11 Å². The topological polar surface area (TPSA) is 55.5 Å². The first-order valence-corrected chi connectivity index (χ1v) is 8.84. The number of benzene rings is 2. The molecule has 0 saturated carbocycles. The summed E-state index contributed by atoms with van der Waals surface area (Å²) >= 11 is 0. The zero-order valence-corrected chi connectivity index (χ0v) is 16.6. The molecule has 26 heavy (non-hydrogen) atoms. The fourth-order valence-corrected chi connectivity index (χ4v) is 3.05. The largest absolute Gasteiger partial charge is 0.505 e. The van der Waals surface area contributed by atoms with E-state index >= 15 is 0 Å². The Morgan fingerprint density at radius 3 is 2.00 bits per heavy atom. The standard InChI is InChI=1S/C22H27NO3/c1-21(2,3)15-12-16(22(4,5)6)19-17(18(15)24)23-20(26-19)13-8-10-14(25-7)11-9-13/h8-12,24H,1-7H3. The van der Waals surface area contributed by atoms with Crippen molar-refractivity contribution in [3.05, 3.63) is 41.5 Å². The highest BCUT2D eigenvalue weighted by molar-refractivity contribution is 5.87. The first-order chi connectivity index (χ1) is 12.0. The number of aromatic nitrogens is 1. The first-order valence-electron chi connectivity index (χ1n) is 8.84. The molecule has 0 spiro atoms. The minimum Gasteiger partial charge on any atom is -0.505 e. The molecule has 4 heteroatoms. The summed E-state index contributed by atoms with van der Waals surface area (Å²) in [5.41, 5.74) is 3.60. The fraction of sp³-hybridized carbons (Fsp3) is 0.409. The minimum absolute atomic E-state index is 0.136. The summed E-state index contributed by atoms with van der Waals surface area (Å²) < 4.78 is 11.3. The van der Waals surface area contributed by atoms with E-state index in [-0.39, 0.29) is 16.6 Å². The lowest BCUT2D eigenvalue weighted by atomic mass is 9.79. The third kappa shape index (κ3) is 3.16. The average Bonchev–Trinajstić information content (AvgIpc) is 2.98. The number of phenolic OH excluding ortho intramolecular Hbond substituents is 1. The third-order valence-electron chi connectivity index (χ3n) is 4.59. The predicted molar refractivity (Wildman–Crippen MR) is 105 cm³/mol. The zero-order valence-electron chi connectivity index (χ0n) is 16.6. The Balaban J connectivity index is 2.28. The van der Waals surface area contributed by atoms with Crippen molar-refractivity contribution in [3.63, 3.8) is 0 Å². The minimum atomic E-state index is -0.197. The molecule has 1 aromatic heterocycles. The average molecular weight is 353 g/mol. The molecule has 0 bridgehead atoms. The lowest BCUT2D eigenvalue weighted by Gasteiger charge is -2.25. The summed E-state index contributed by atoms with van der Waals surface area (Å²) in [6, 6.07) is 9.61. The van der Waals surface area contributed by atoms with Gasteiger partial charge in [-0.05, 0) is 41.2 Å². The van der Waals surface area contributed by atoms with Gasteiger partial charge in [-0.25, -0.2) is 4.98 Å². The van der Waals surface area contributed by atoms with Crippen LogP contribution in [-0.4, -0.2) is 17.2 Å². The second-order valence-corrected chi connectivity index (χ2v) is 8.75. The molecule has 0 aliphatic heterocycles. The summed E-state index contributed by atoms with van der Waals surface area (Å²) in [7, 11) is 1.64. The first kappa shape index (κ1) is 18.3. The Kier molecular flexibility index (Phi) is 4.26. The van der Waals surface area contributed by atoms with Crippen molar-refractivity contribution < 1.29 is 14.3 Å². The summed E-state index contributed by atoms with van der Waals surface area (Å²) in [6.45, 7) is 12.7. The van der Waals surface area contributed by atoms with Gasteiger partial charge in [0.25, 0.3) is 0 Å². The monoisotopic (exact) mass is 353 g/mol. The molecular weight excluding hydrogens is 326 g/mol. The van der Waals surface area contributed by atoms with Gasteiger partial charge in [-0.1, -0.05) is 41.5 Å². The SMILES string of the molecule is COc1ccc(-c2nc3c(O)c(C(C)(C)C)cc(C(C)(C)C)c3o2)cc1. The molecular formula is C22H27NO3. The number of hydrogen-bond donors (Lipinski definition) is 1. The van der Waals surface area contributed by atoms with Crippen LogP contribution in [0.3, 0.4) is 0 Å². The number of phenols is 1. The van der Waals surface area contributed by atoms with Gasteiger partial charge >= 0.3 is 0 Å². The lowest BCUT2D eigenvalue weighted by molar-refractivity contribution is 0.415. The van der Waals surface area contributed by atoms with Crippen molar-refractivity contribution in [2.75, 3.05) is 7.11 Å². The van der Waals surface area contributed by atoms with Gasteiger partial charge in [0.1, 0.15) is 11.5 Å². The van der Waals surface area contributed by atoms with E-state index in [4.69, 9.17) is 9.15 Å². The molecule has 0 saturated heterocycles. The van der Waals surface area contributed by atoms with Gasteiger partial charge in [-0.2, -0.15) is 0 Å². The highest BCUT2D eigenvalue weighted by atomic mass is 16.5. The summed E-state index contributed by atoms with van der Waals surface area (Å²) in [5, 5.41) is 10.9. The van der Waals surface area contributed by atoms with Crippen LogP contribution in [0.2, 0.25) is 0 Å². The Bertz CT molecular complexity index is 939. The van der Waals surface area contributed by atoms with E-state index in [1.807, 2.05) is 24.3 Å². The van der Waals surface area contributed by atoms with E-state index in [0.29, 0.717) is 17.0 Å². The zero-order chi connectivity index (χ0) is 19.3. The molecule has 2 aromatic carbocycles. The Morgan fingerprint density at radius 1 is 0.923 bits per heavy atom. The molecule has 3 aromatic rings. The van der Waals surface area contributed by atoms with E-state index in [0.717, 1.165) is 22.4 Å². The van der Waals surface area contributed by atoms with E-state index < -0.39 is 0 Å². The second-order valence-electron chi connectivity index (χ2n) is 8.75. The Morgan fingerprint density at radius 2 is 1.50 bits per heavy atom. The van der Waals surface area contributed by atoms with Gasteiger partial charge in [0.2, 0.25) is 5.89 Å². The van der Waals surface area contributed by atoms with Crippen LogP contribution in [0.5, 0.6) is 11.5 Å². The number of ether oxygens (including phenoxy) is 1. The smallest absolute Gasteiger partial charge is 0.227 e. The number of aromatic hydroxyl groups is 1. The van der Waals surface area contributed by atoms with Crippen LogP contribution < -0.4 is 4.74 Å². The van der Waals surface area contributed by atoms with Gasteiger partial charge in [0, 0.05) is 16.7 Å². The Labute approximate surface area is 154 Å². The maximum Gasteiger partial charge on any atom is 0.227 e. The van der Waals surface area contributed by atoms with Crippen molar-refractivity contribution in [3.8, 4) is 23.0 Å². The molecule has 0 aliphatic rings. The van der Waals surface area contributed by atoms with Crippen molar-refractivity contribution in [1.29, 1.82) is 0 Å². The highest BCUT2D eigenvalue weighted by Crippen LogP contribution is 2.43. The molecule has 0 fully saturated rings. The van der Waals surface area contributed by atoms with Crippen molar-refractivity contribution in [2.24, 2.45) is 0 Å². The highest BCUT2D eigenvalue weighted by Gasteiger charge is 2.29. The Hall–Kier alpha value is -2.49. The summed E-state index contributed by atoms with van der Waals surface area (Å²) in [6.07, 6.45) is 0. The van der Waals surface area contributed by atoms with Crippen LogP contribution in [0.25, 0.3) is 22.6 Å². The molecule has 0 atom stereocenters. The van der Waals surface area contributed by atoms with E-state index in [2.05, 4.69) is 52.6 Å². The molecule has 0 radical (unpaired) electrons. The van der Waals surface area contributed by atoms with Crippen LogP contribution in [-0.2, 0) is 10.8 Å². The molecule has 0 aliphatic carbocycles. The maximum atomic E-state index is 10.9. The van der Waals surface area contributed by atoms with Crippen molar-refractivity contribution >= 4 is 11.1 Å². The van der Waals surface area contributed by atoms with Crippen LogP contribution >= 0.6 is 0 Å². The number of hydrogen-bond acceptors (Lipinski definition) is 4. The molecule has 138 valence electrons. The van der Waals surface area contributed by atoms with Gasteiger partial charge in [0.15, 0.2) is 11.1 Å². The maximum absolute atomic E-state index is 10.9. The molecule has 0 unspecified atom stereocenters. The van der Waals surface area contributed by atoms with Crippen LogP contribution in [0.15, 0.2) is 34.7 Å². The van der Waals surface area contributed by atoms with Gasteiger partial charge in [-0.15, -0.1) is 0 Å². The number of rotatable bonds is 2. The number of oxazole rings is 1. The summed E-state index contributed by atoms with van der Waals surface area (Å²) in [4.78, 5) is 4.63. The van der Waals surface area contributed by atoms with Crippen molar-refractivity contribution in [2.45, 2.75) is 52.4 Å². The molecule has 3 rings (SSSR count). The normalized spacial score (nSPS) is 12.6.